The summed E-state index contributed by atoms with van der Waals surface area (Å²) in [5.74, 6) is -1.38. The van der Waals surface area contributed by atoms with E-state index in [1.54, 1.807) is 14.1 Å². The van der Waals surface area contributed by atoms with Crippen molar-refractivity contribution >= 4 is 66.9 Å². The van der Waals surface area contributed by atoms with Crippen molar-refractivity contribution in [2.24, 2.45) is 0 Å². The summed E-state index contributed by atoms with van der Waals surface area (Å²) in [6.07, 6.45) is 0.535. The molecule has 280 valence electrons. The fraction of sp³-hybridized carbons (Fsp3) is 0.400. The number of aromatic nitrogens is 5. The molecule has 0 saturated carbocycles. The van der Waals surface area contributed by atoms with E-state index in [2.05, 4.69) is 25.4 Å². The van der Waals surface area contributed by atoms with E-state index < -0.39 is 35.5 Å². The van der Waals surface area contributed by atoms with Crippen molar-refractivity contribution in [3.8, 4) is 23.2 Å². The van der Waals surface area contributed by atoms with E-state index in [1.807, 2.05) is 11.0 Å². The molecule has 0 aliphatic carbocycles. The molecule has 5 aromatic rings. The second-order valence-electron chi connectivity index (χ2n) is 13.9. The van der Waals surface area contributed by atoms with Crippen molar-refractivity contribution in [3.63, 3.8) is 0 Å². The standard InChI is InChI=1S/C35H32ClF3N10O4S/c1-46(2)34(52)49-44-23-5-3-9-47(15-24(23)45-49)30-19-11-21(36)26(18-6-7-22(38)29-25(18)20(13-40)31(54-29)43-33(50)51)27(39)28(19)41-32(42-30)53-16-35-8-4-10-48(35)14-17(37)12-35/h6-7,11,17,43H,3-5,8-10,12,14-16H2,1-2H3,(H,50,51)/t17-,35+/m1/s1. The summed E-state index contributed by atoms with van der Waals surface area (Å²) < 4.78 is 53.2. The van der Waals surface area contributed by atoms with Gasteiger partial charge in [-0.1, -0.05) is 22.5 Å². The highest BCUT2D eigenvalue weighted by atomic mass is 35.5. The number of rotatable bonds is 6. The number of fused-ring (bicyclic) bond motifs is 4. The molecular weight excluding hydrogens is 749 g/mol. The van der Waals surface area contributed by atoms with Crippen LogP contribution in [0.2, 0.25) is 5.02 Å². The van der Waals surface area contributed by atoms with E-state index in [-0.39, 0.29) is 72.7 Å². The van der Waals surface area contributed by atoms with Gasteiger partial charge in [-0.2, -0.15) is 15.2 Å². The Morgan fingerprint density at radius 1 is 1.20 bits per heavy atom. The first-order valence-electron chi connectivity index (χ1n) is 17.2. The number of aryl methyl sites for hydroxylation is 1. The third-order valence-corrected chi connectivity index (χ3v) is 11.7. The summed E-state index contributed by atoms with van der Waals surface area (Å²) in [5, 5.41) is 30.4. The number of anilines is 2. The molecule has 2 atom stereocenters. The zero-order valence-electron chi connectivity index (χ0n) is 29.0. The minimum Gasteiger partial charge on any atom is -0.465 e. The van der Waals surface area contributed by atoms with E-state index >= 15 is 8.78 Å². The van der Waals surface area contributed by atoms with Gasteiger partial charge in [-0.3, -0.25) is 10.2 Å². The zero-order valence-corrected chi connectivity index (χ0v) is 30.6. The monoisotopic (exact) mass is 780 g/mol. The summed E-state index contributed by atoms with van der Waals surface area (Å²) in [4.78, 5) is 39.8. The summed E-state index contributed by atoms with van der Waals surface area (Å²) >= 11 is 7.59. The van der Waals surface area contributed by atoms with Crippen molar-refractivity contribution in [1.29, 1.82) is 5.26 Å². The SMILES string of the molecule is CN(C)C(=O)n1nc2c(n1)CN(c1nc(OC[C@@]34CCCN3C[C@H](F)C4)nc3c(F)c(-c4ccc(F)c5sc(NC(=O)O)c(C#N)c45)c(Cl)cc13)CCC2. The summed E-state index contributed by atoms with van der Waals surface area (Å²) in [6.45, 7) is 1.71. The number of hydrogen-bond donors (Lipinski definition) is 2. The highest BCUT2D eigenvalue weighted by molar-refractivity contribution is 7.23. The average Bonchev–Trinajstić information content (AvgIpc) is 3.85. The molecule has 0 spiro atoms. The summed E-state index contributed by atoms with van der Waals surface area (Å²) in [7, 11) is 3.19. The van der Waals surface area contributed by atoms with Gasteiger partial charge in [0.1, 0.15) is 46.7 Å². The molecule has 2 amide bonds. The molecule has 0 unspecified atom stereocenters. The summed E-state index contributed by atoms with van der Waals surface area (Å²) in [5.41, 5.74) is 0.0896. The van der Waals surface area contributed by atoms with Gasteiger partial charge in [0.2, 0.25) is 0 Å². The molecular formula is C35H32ClF3N10O4S. The average molecular weight is 781 g/mol. The number of carbonyl (C=O) groups excluding carboxylic acids is 1. The second kappa shape index (κ2) is 13.6. The lowest BCUT2D eigenvalue weighted by molar-refractivity contribution is 0.107. The number of hydrogen-bond acceptors (Lipinski definition) is 11. The molecule has 6 heterocycles. The van der Waals surface area contributed by atoms with E-state index in [4.69, 9.17) is 21.3 Å². The van der Waals surface area contributed by atoms with Crippen LogP contribution in [0.3, 0.4) is 0 Å². The maximum absolute atomic E-state index is 17.3. The lowest BCUT2D eigenvalue weighted by atomic mass is 9.95. The van der Waals surface area contributed by atoms with Gasteiger partial charge in [-0.25, -0.2) is 22.8 Å². The van der Waals surface area contributed by atoms with Crippen LogP contribution in [-0.2, 0) is 13.0 Å². The minimum atomic E-state index is -1.46. The molecule has 3 aliphatic rings. The Bertz CT molecular complexity index is 2420. The number of benzene rings is 2. The molecule has 0 radical (unpaired) electrons. The van der Waals surface area contributed by atoms with Crippen molar-refractivity contribution in [2.75, 3.05) is 50.6 Å². The maximum atomic E-state index is 17.3. The number of halogens is 4. The van der Waals surface area contributed by atoms with Crippen molar-refractivity contribution in [2.45, 2.75) is 50.4 Å². The Morgan fingerprint density at radius 3 is 2.76 bits per heavy atom. The molecule has 8 rings (SSSR count). The van der Waals surface area contributed by atoms with Crippen LogP contribution < -0.4 is 15.0 Å². The molecule has 2 N–H and O–H groups in total. The molecule has 2 fully saturated rings. The van der Waals surface area contributed by atoms with Gasteiger partial charge in [0.25, 0.3) is 0 Å². The first-order valence-corrected chi connectivity index (χ1v) is 18.4. The number of carboxylic acid groups (broad SMARTS) is 1. The predicted molar refractivity (Wildman–Crippen MR) is 194 cm³/mol. The number of amides is 2. The van der Waals surface area contributed by atoms with Crippen molar-refractivity contribution in [3.05, 3.63) is 51.8 Å². The van der Waals surface area contributed by atoms with Crippen LogP contribution in [0.4, 0.5) is 33.6 Å². The molecule has 14 nitrogen and oxygen atoms in total. The van der Waals surface area contributed by atoms with Gasteiger partial charge in [-0.05, 0) is 49.9 Å². The molecule has 0 bridgehead atoms. The van der Waals surface area contributed by atoms with E-state index in [1.165, 1.54) is 17.0 Å². The van der Waals surface area contributed by atoms with Crippen molar-refractivity contribution in [1.82, 2.24) is 34.8 Å². The van der Waals surface area contributed by atoms with Gasteiger partial charge in [0.05, 0.1) is 33.1 Å². The molecule has 2 aromatic carbocycles. The number of carbonyl (C=O) groups is 2. The fourth-order valence-corrected chi connectivity index (χ4v) is 9.22. The number of nitriles is 1. The van der Waals surface area contributed by atoms with Gasteiger partial charge >= 0.3 is 18.1 Å². The number of nitrogens with zero attached hydrogens (tertiary/aromatic N) is 9. The molecule has 2 saturated heterocycles. The lowest BCUT2D eigenvalue weighted by Gasteiger charge is -2.31. The van der Waals surface area contributed by atoms with Gasteiger partial charge < -0.3 is 19.6 Å². The Morgan fingerprint density at radius 2 is 2.00 bits per heavy atom. The highest BCUT2D eigenvalue weighted by Crippen LogP contribution is 2.47. The van der Waals surface area contributed by atoms with Crippen LogP contribution >= 0.6 is 22.9 Å². The first-order chi connectivity index (χ1) is 25.9. The number of thiophene rings is 1. The van der Waals surface area contributed by atoms with Crippen LogP contribution in [0.5, 0.6) is 6.01 Å². The Labute approximate surface area is 314 Å². The summed E-state index contributed by atoms with van der Waals surface area (Å²) in [6, 6.07) is 5.20. The van der Waals surface area contributed by atoms with Crippen LogP contribution in [-0.4, -0.2) is 104 Å². The van der Waals surface area contributed by atoms with Gasteiger partial charge in [-0.15, -0.1) is 21.5 Å². The number of nitrogens with one attached hydrogen (secondary N) is 1. The third kappa shape index (κ3) is 6.00. The second-order valence-corrected chi connectivity index (χ2v) is 15.3. The normalized spacial score (nSPS) is 19.8. The molecule has 3 aliphatic heterocycles. The highest BCUT2D eigenvalue weighted by Gasteiger charge is 2.49. The largest absolute Gasteiger partial charge is 0.465 e. The Hall–Kier alpha value is -5.25. The number of alkyl halides is 1. The predicted octanol–water partition coefficient (Wildman–Crippen LogP) is 6.43. The van der Waals surface area contributed by atoms with Gasteiger partial charge in [0.15, 0.2) is 5.82 Å². The van der Waals surface area contributed by atoms with Crippen LogP contribution in [0.1, 0.15) is 42.6 Å². The molecule has 19 heteroatoms. The van der Waals surface area contributed by atoms with E-state index in [0.717, 1.165) is 30.2 Å². The van der Waals surface area contributed by atoms with Crippen LogP contribution in [0.25, 0.3) is 32.1 Å². The smallest absolute Gasteiger partial charge is 0.409 e. The quantitative estimate of drug-likeness (QED) is 0.195. The van der Waals surface area contributed by atoms with Crippen LogP contribution in [0.15, 0.2) is 18.2 Å². The van der Waals surface area contributed by atoms with Gasteiger partial charge in [0, 0.05) is 49.9 Å². The number of ether oxygens (including phenoxy) is 1. The maximum Gasteiger partial charge on any atom is 0.409 e. The Kier molecular flexibility index (Phi) is 8.98. The van der Waals surface area contributed by atoms with E-state index in [0.29, 0.717) is 55.1 Å². The topological polar surface area (TPSA) is 166 Å². The van der Waals surface area contributed by atoms with E-state index in [9.17, 15) is 24.3 Å². The van der Waals surface area contributed by atoms with Crippen molar-refractivity contribution < 1.29 is 32.6 Å². The Balaban J connectivity index is 1.29. The molecule has 3 aromatic heterocycles. The lowest BCUT2D eigenvalue weighted by Crippen LogP contribution is -2.43. The zero-order chi connectivity index (χ0) is 38.1. The third-order valence-electron chi connectivity index (χ3n) is 10.3. The first kappa shape index (κ1) is 35.8. The van der Waals surface area contributed by atoms with Crippen LogP contribution in [0, 0.1) is 23.0 Å². The minimum absolute atomic E-state index is 0.0185. The molecule has 54 heavy (non-hydrogen) atoms. The fourth-order valence-electron chi connectivity index (χ4n) is 7.86.